The number of nitrogens with zero attached hydrogens (tertiary/aromatic N) is 1. The Labute approximate surface area is 154 Å². The summed E-state index contributed by atoms with van der Waals surface area (Å²) in [5, 5.41) is 0. The number of para-hydroxylation sites is 1. The third-order valence-corrected chi connectivity index (χ3v) is 4.16. The summed E-state index contributed by atoms with van der Waals surface area (Å²) < 4.78 is 11.2. The summed E-state index contributed by atoms with van der Waals surface area (Å²) in [5.74, 6) is 1.71. The van der Waals surface area contributed by atoms with Crippen molar-refractivity contribution in [2.45, 2.75) is 19.6 Å². The lowest BCUT2D eigenvalue weighted by Gasteiger charge is -2.11. The quantitative estimate of drug-likeness (QED) is 0.533. The molecule has 132 valence electrons. The van der Waals surface area contributed by atoms with E-state index in [1.807, 2.05) is 72.9 Å². The number of hydrogen-bond acceptors (Lipinski definition) is 3. The van der Waals surface area contributed by atoms with E-state index in [1.165, 1.54) is 0 Å². The molecule has 0 bridgehead atoms. The SMILES string of the molecule is COc1ccccc1C(C)/N=C\c1ccc(OCc2ccccc2)cc1. The fourth-order valence-corrected chi connectivity index (χ4v) is 2.68. The predicted octanol–water partition coefficient (Wildman–Crippen LogP) is 5.45. The Morgan fingerprint density at radius 2 is 1.58 bits per heavy atom. The molecule has 1 unspecified atom stereocenters. The average Bonchev–Trinajstić information content (AvgIpc) is 2.72. The van der Waals surface area contributed by atoms with Crippen LogP contribution in [-0.4, -0.2) is 13.3 Å². The highest BCUT2D eigenvalue weighted by molar-refractivity contribution is 5.80. The van der Waals surface area contributed by atoms with E-state index in [2.05, 4.69) is 24.0 Å². The molecule has 0 N–H and O–H groups in total. The van der Waals surface area contributed by atoms with Gasteiger partial charge in [0.2, 0.25) is 0 Å². The Balaban J connectivity index is 1.60. The van der Waals surface area contributed by atoms with Gasteiger partial charge in [-0.05, 0) is 48.4 Å². The van der Waals surface area contributed by atoms with E-state index in [0.717, 1.165) is 28.2 Å². The molecule has 3 aromatic rings. The monoisotopic (exact) mass is 345 g/mol. The van der Waals surface area contributed by atoms with Gasteiger partial charge >= 0.3 is 0 Å². The molecule has 26 heavy (non-hydrogen) atoms. The number of benzene rings is 3. The molecule has 0 saturated carbocycles. The van der Waals surface area contributed by atoms with Crippen molar-refractivity contribution in [3.8, 4) is 11.5 Å². The fraction of sp³-hybridized carbons (Fsp3) is 0.174. The highest BCUT2D eigenvalue weighted by Gasteiger charge is 2.08. The molecule has 3 aromatic carbocycles. The summed E-state index contributed by atoms with van der Waals surface area (Å²) in [4.78, 5) is 4.65. The highest BCUT2D eigenvalue weighted by Crippen LogP contribution is 2.26. The molecular formula is C23H23NO2. The summed E-state index contributed by atoms with van der Waals surface area (Å²) in [6.45, 7) is 2.63. The minimum Gasteiger partial charge on any atom is -0.496 e. The van der Waals surface area contributed by atoms with Gasteiger partial charge in [-0.3, -0.25) is 4.99 Å². The molecule has 0 saturated heterocycles. The second kappa shape index (κ2) is 8.86. The van der Waals surface area contributed by atoms with Crippen molar-refractivity contribution in [1.82, 2.24) is 0 Å². The van der Waals surface area contributed by atoms with Crippen molar-refractivity contribution in [1.29, 1.82) is 0 Å². The second-order valence-electron chi connectivity index (χ2n) is 6.04. The molecule has 3 rings (SSSR count). The van der Waals surface area contributed by atoms with Gasteiger partial charge < -0.3 is 9.47 Å². The maximum Gasteiger partial charge on any atom is 0.124 e. The van der Waals surface area contributed by atoms with Crippen LogP contribution in [0.2, 0.25) is 0 Å². The van der Waals surface area contributed by atoms with Crippen molar-refractivity contribution in [3.05, 3.63) is 95.6 Å². The molecule has 1 atom stereocenters. The van der Waals surface area contributed by atoms with Crippen molar-refractivity contribution in [2.75, 3.05) is 7.11 Å². The Hall–Kier alpha value is -3.07. The van der Waals surface area contributed by atoms with Crippen LogP contribution in [0.25, 0.3) is 0 Å². The van der Waals surface area contributed by atoms with Crippen LogP contribution in [0.5, 0.6) is 11.5 Å². The smallest absolute Gasteiger partial charge is 0.124 e. The van der Waals surface area contributed by atoms with Gasteiger partial charge in [-0.25, -0.2) is 0 Å². The lowest BCUT2D eigenvalue weighted by atomic mass is 10.1. The first-order chi connectivity index (χ1) is 12.8. The molecule has 0 aliphatic rings. The van der Waals surface area contributed by atoms with Crippen molar-refractivity contribution in [3.63, 3.8) is 0 Å². The van der Waals surface area contributed by atoms with Crippen LogP contribution < -0.4 is 9.47 Å². The zero-order chi connectivity index (χ0) is 18.2. The minimum absolute atomic E-state index is 0.0279. The van der Waals surface area contributed by atoms with Crippen LogP contribution in [0, 0.1) is 0 Å². The lowest BCUT2D eigenvalue weighted by molar-refractivity contribution is 0.306. The molecule has 0 aliphatic heterocycles. The van der Waals surface area contributed by atoms with E-state index in [9.17, 15) is 0 Å². The molecule has 0 aromatic heterocycles. The van der Waals surface area contributed by atoms with Gasteiger partial charge in [-0.2, -0.15) is 0 Å². The van der Waals surface area contributed by atoms with Crippen LogP contribution in [-0.2, 0) is 6.61 Å². The Morgan fingerprint density at radius 1 is 0.885 bits per heavy atom. The van der Waals surface area contributed by atoms with E-state index >= 15 is 0 Å². The standard InChI is InChI=1S/C23H23NO2/c1-18(22-10-6-7-11-23(22)25-2)24-16-19-12-14-21(15-13-19)26-17-20-8-4-3-5-9-20/h3-16,18H,17H2,1-2H3/b24-16-. The first-order valence-electron chi connectivity index (χ1n) is 8.69. The summed E-state index contributed by atoms with van der Waals surface area (Å²) in [5.41, 5.74) is 3.27. The van der Waals surface area contributed by atoms with Gasteiger partial charge in [0.25, 0.3) is 0 Å². The maximum absolute atomic E-state index is 5.81. The molecular weight excluding hydrogens is 322 g/mol. The van der Waals surface area contributed by atoms with Gasteiger partial charge in [0.1, 0.15) is 18.1 Å². The predicted molar refractivity (Wildman–Crippen MR) is 106 cm³/mol. The van der Waals surface area contributed by atoms with Crippen LogP contribution in [0.4, 0.5) is 0 Å². The van der Waals surface area contributed by atoms with Crippen LogP contribution >= 0.6 is 0 Å². The Bertz CT molecular complexity index is 842. The zero-order valence-corrected chi connectivity index (χ0v) is 15.1. The van der Waals surface area contributed by atoms with E-state index in [-0.39, 0.29) is 6.04 Å². The number of methoxy groups -OCH3 is 1. The fourth-order valence-electron chi connectivity index (χ4n) is 2.68. The molecule has 0 amide bonds. The number of rotatable bonds is 7. The summed E-state index contributed by atoms with van der Waals surface area (Å²) in [7, 11) is 1.68. The third kappa shape index (κ3) is 4.73. The highest BCUT2D eigenvalue weighted by atomic mass is 16.5. The van der Waals surface area contributed by atoms with Crippen molar-refractivity contribution in [2.24, 2.45) is 4.99 Å². The molecule has 3 heteroatoms. The molecule has 0 heterocycles. The topological polar surface area (TPSA) is 30.8 Å². The molecule has 0 radical (unpaired) electrons. The summed E-state index contributed by atoms with van der Waals surface area (Å²) in [6, 6.07) is 26.1. The van der Waals surface area contributed by atoms with Gasteiger partial charge in [-0.15, -0.1) is 0 Å². The van der Waals surface area contributed by atoms with Gasteiger partial charge in [-0.1, -0.05) is 48.5 Å². The molecule has 0 aliphatic carbocycles. The molecule has 0 spiro atoms. The van der Waals surface area contributed by atoms with Gasteiger partial charge in [0, 0.05) is 11.8 Å². The lowest BCUT2D eigenvalue weighted by Crippen LogP contribution is -1.96. The first-order valence-corrected chi connectivity index (χ1v) is 8.69. The average molecular weight is 345 g/mol. The van der Waals surface area contributed by atoms with E-state index in [0.29, 0.717) is 6.61 Å². The molecule has 0 fully saturated rings. The van der Waals surface area contributed by atoms with Crippen LogP contribution in [0.15, 0.2) is 83.9 Å². The summed E-state index contributed by atoms with van der Waals surface area (Å²) >= 11 is 0. The maximum atomic E-state index is 5.81. The first kappa shape index (κ1) is 17.7. The largest absolute Gasteiger partial charge is 0.496 e. The number of hydrogen-bond donors (Lipinski definition) is 0. The van der Waals surface area contributed by atoms with Gasteiger partial charge in [0.05, 0.1) is 13.2 Å². The number of ether oxygens (including phenoxy) is 2. The van der Waals surface area contributed by atoms with E-state index < -0.39 is 0 Å². The second-order valence-corrected chi connectivity index (χ2v) is 6.04. The zero-order valence-electron chi connectivity index (χ0n) is 15.1. The number of aliphatic imine (C=N–C) groups is 1. The van der Waals surface area contributed by atoms with Crippen molar-refractivity contribution < 1.29 is 9.47 Å². The summed E-state index contributed by atoms with van der Waals surface area (Å²) in [6.07, 6.45) is 1.89. The van der Waals surface area contributed by atoms with Gasteiger partial charge in [0.15, 0.2) is 0 Å². The Morgan fingerprint density at radius 3 is 2.31 bits per heavy atom. The van der Waals surface area contributed by atoms with Crippen molar-refractivity contribution >= 4 is 6.21 Å². The van der Waals surface area contributed by atoms with E-state index in [4.69, 9.17) is 9.47 Å². The third-order valence-electron chi connectivity index (χ3n) is 4.16. The Kier molecular flexibility index (Phi) is 6.05. The van der Waals surface area contributed by atoms with Crippen LogP contribution in [0.1, 0.15) is 29.7 Å². The van der Waals surface area contributed by atoms with E-state index in [1.54, 1.807) is 7.11 Å². The molecule has 3 nitrogen and oxygen atoms in total. The normalized spacial score (nSPS) is 12.1. The minimum atomic E-state index is 0.0279. The van der Waals surface area contributed by atoms with Crippen LogP contribution in [0.3, 0.4) is 0 Å².